The lowest BCUT2D eigenvalue weighted by molar-refractivity contribution is 1.19. The SMILES string of the molecule is N#CCC#Cc1cnc(N)c(N)n1. The molecule has 1 aromatic rings. The second-order valence-electron chi connectivity index (χ2n) is 2.16. The van der Waals surface area contributed by atoms with Crippen molar-refractivity contribution in [3.63, 3.8) is 0 Å². The molecular formula is C8H7N5. The molecule has 4 N–H and O–H groups in total. The summed E-state index contributed by atoms with van der Waals surface area (Å²) < 4.78 is 0. The molecule has 0 spiro atoms. The van der Waals surface area contributed by atoms with E-state index in [1.807, 2.05) is 6.07 Å². The van der Waals surface area contributed by atoms with E-state index < -0.39 is 0 Å². The summed E-state index contributed by atoms with van der Waals surface area (Å²) in [5.74, 6) is 5.56. The Morgan fingerprint density at radius 1 is 1.38 bits per heavy atom. The molecule has 0 saturated carbocycles. The fourth-order valence-corrected chi connectivity index (χ4v) is 0.647. The molecule has 0 aromatic carbocycles. The largest absolute Gasteiger partial charge is 0.381 e. The monoisotopic (exact) mass is 173 g/mol. The van der Waals surface area contributed by atoms with Gasteiger partial charge in [0.15, 0.2) is 11.6 Å². The van der Waals surface area contributed by atoms with Gasteiger partial charge in [0, 0.05) is 0 Å². The molecule has 1 rings (SSSR count). The molecule has 1 aromatic heterocycles. The van der Waals surface area contributed by atoms with Gasteiger partial charge in [0.05, 0.1) is 18.7 Å². The van der Waals surface area contributed by atoms with Gasteiger partial charge in [-0.1, -0.05) is 5.92 Å². The van der Waals surface area contributed by atoms with Crippen molar-refractivity contribution in [2.45, 2.75) is 6.42 Å². The van der Waals surface area contributed by atoms with Crippen LogP contribution in [-0.2, 0) is 0 Å². The maximum atomic E-state index is 8.21. The summed E-state index contributed by atoms with van der Waals surface area (Å²) in [6.45, 7) is 0. The zero-order valence-electron chi connectivity index (χ0n) is 6.78. The number of nitrogen functional groups attached to an aromatic ring is 2. The predicted octanol–water partition coefficient (Wildman–Crippen LogP) is -0.0938. The van der Waals surface area contributed by atoms with Gasteiger partial charge in [-0.15, -0.1) is 0 Å². The Bertz CT molecular complexity index is 407. The molecular weight excluding hydrogens is 166 g/mol. The molecule has 0 atom stereocenters. The Morgan fingerprint density at radius 3 is 2.77 bits per heavy atom. The van der Waals surface area contributed by atoms with E-state index >= 15 is 0 Å². The first-order valence-electron chi connectivity index (χ1n) is 3.48. The Morgan fingerprint density at radius 2 is 2.15 bits per heavy atom. The molecule has 1 heterocycles. The molecule has 13 heavy (non-hydrogen) atoms. The quantitative estimate of drug-likeness (QED) is 0.533. The number of hydrogen-bond donors (Lipinski definition) is 2. The van der Waals surface area contributed by atoms with Crippen molar-refractivity contribution in [2.75, 3.05) is 11.5 Å². The minimum absolute atomic E-state index is 0.156. The van der Waals surface area contributed by atoms with Gasteiger partial charge in [-0.05, 0) is 5.92 Å². The molecule has 0 bridgehead atoms. The first-order valence-corrected chi connectivity index (χ1v) is 3.48. The van der Waals surface area contributed by atoms with E-state index in [0.29, 0.717) is 5.69 Å². The molecule has 0 saturated heterocycles. The number of hydrogen-bond acceptors (Lipinski definition) is 5. The molecule has 0 amide bonds. The van der Waals surface area contributed by atoms with Crippen molar-refractivity contribution in [1.82, 2.24) is 9.97 Å². The number of aromatic nitrogens is 2. The number of nitrogens with two attached hydrogens (primary N) is 2. The molecule has 0 fully saturated rings. The van der Waals surface area contributed by atoms with Crippen LogP contribution in [0, 0.1) is 23.2 Å². The van der Waals surface area contributed by atoms with Crippen LogP contribution in [0.5, 0.6) is 0 Å². The highest BCUT2D eigenvalue weighted by Gasteiger charge is 1.96. The summed E-state index contributed by atoms with van der Waals surface area (Å²) in [5.41, 5.74) is 11.2. The van der Waals surface area contributed by atoms with Crippen LogP contribution in [0.4, 0.5) is 11.6 Å². The Balaban J connectivity index is 2.89. The molecule has 0 unspecified atom stereocenters. The maximum Gasteiger partial charge on any atom is 0.167 e. The van der Waals surface area contributed by atoms with E-state index in [4.69, 9.17) is 16.7 Å². The highest BCUT2D eigenvalue weighted by molar-refractivity contribution is 5.53. The number of rotatable bonds is 0. The van der Waals surface area contributed by atoms with Crippen molar-refractivity contribution >= 4 is 11.6 Å². The van der Waals surface area contributed by atoms with Gasteiger partial charge in [-0.2, -0.15) is 5.26 Å². The van der Waals surface area contributed by atoms with E-state index in [2.05, 4.69) is 21.8 Å². The minimum Gasteiger partial charge on any atom is -0.381 e. The van der Waals surface area contributed by atoms with E-state index in [9.17, 15) is 0 Å². The fourth-order valence-electron chi connectivity index (χ4n) is 0.647. The van der Waals surface area contributed by atoms with Gasteiger partial charge in [-0.3, -0.25) is 0 Å². The number of nitrogens with zero attached hydrogens (tertiary/aromatic N) is 3. The Kier molecular flexibility index (Phi) is 2.67. The summed E-state index contributed by atoms with van der Waals surface area (Å²) in [7, 11) is 0. The maximum absolute atomic E-state index is 8.21. The predicted molar refractivity (Wildman–Crippen MR) is 48.0 cm³/mol. The summed E-state index contributed by atoms with van der Waals surface area (Å²) >= 11 is 0. The van der Waals surface area contributed by atoms with Crippen LogP contribution in [0.2, 0.25) is 0 Å². The van der Waals surface area contributed by atoms with Crippen LogP contribution in [0.3, 0.4) is 0 Å². The molecule has 64 valence electrons. The van der Waals surface area contributed by atoms with Crippen molar-refractivity contribution in [3.8, 4) is 17.9 Å². The molecule has 0 aliphatic carbocycles. The molecule has 5 heteroatoms. The van der Waals surface area contributed by atoms with Crippen LogP contribution in [0.15, 0.2) is 6.20 Å². The number of nitriles is 1. The van der Waals surface area contributed by atoms with Crippen LogP contribution in [-0.4, -0.2) is 9.97 Å². The zero-order valence-corrected chi connectivity index (χ0v) is 6.78. The fraction of sp³-hybridized carbons (Fsp3) is 0.125. The first kappa shape index (κ1) is 8.82. The van der Waals surface area contributed by atoms with E-state index in [0.717, 1.165) is 0 Å². The summed E-state index contributed by atoms with van der Waals surface area (Å²) in [6.07, 6.45) is 1.57. The highest BCUT2D eigenvalue weighted by atomic mass is 15.0. The summed E-state index contributed by atoms with van der Waals surface area (Å²) in [5, 5.41) is 8.21. The van der Waals surface area contributed by atoms with Crippen LogP contribution >= 0.6 is 0 Å². The Labute approximate surface area is 75.4 Å². The summed E-state index contributed by atoms with van der Waals surface area (Å²) in [6, 6.07) is 1.89. The molecule has 0 aliphatic rings. The zero-order chi connectivity index (χ0) is 9.68. The van der Waals surface area contributed by atoms with Gasteiger partial charge in [0.25, 0.3) is 0 Å². The molecule has 0 aliphatic heterocycles. The highest BCUT2D eigenvalue weighted by Crippen LogP contribution is 2.05. The molecule has 5 nitrogen and oxygen atoms in total. The van der Waals surface area contributed by atoms with E-state index in [1.165, 1.54) is 6.20 Å². The first-order chi connectivity index (χ1) is 6.24. The van der Waals surface area contributed by atoms with Crippen molar-refractivity contribution in [1.29, 1.82) is 5.26 Å². The summed E-state index contributed by atoms with van der Waals surface area (Å²) in [4.78, 5) is 7.61. The van der Waals surface area contributed by atoms with Gasteiger partial charge in [-0.25, -0.2) is 9.97 Å². The van der Waals surface area contributed by atoms with E-state index in [-0.39, 0.29) is 18.1 Å². The number of anilines is 2. The third-order valence-electron chi connectivity index (χ3n) is 1.21. The van der Waals surface area contributed by atoms with E-state index in [1.54, 1.807) is 0 Å². The van der Waals surface area contributed by atoms with Crippen molar-refractivity contribution in [2.24, 2.45) is 0 Å². The van der Waals surface area contributed by atoms with Crippen LogP contribution in [0.25, 0.3) is 0 Å². The lowest BCUT2D eigenvalue weighted by Crippen LogP contribution is -2.01. The van der Waals surface area contributed by atoms with Gasteiger partial charge in [0.1, 0.15) is 5.69 Å². The lowest BCUT2D eigenvalue weighted by Gasteiger charge is -1.96. The third kappa shape index (κ3) is 2.35. The minimum atomic E-state index is 0.156. The normalized spacial score (nSPS) is 8.23. The lowest BCUT2D eigenvalue weighted by atomic mass is 10.4. The van der Waals surface area contributed by atoms with Gasteiger partial charge < -0.3 is 11.5 Å². The average Bonchev–Trinajstić information content (AvgIpc) is 2.12. The van der Waals surface area contributed by atoms with Crippen molar-refractivity contribution < 1.29 is 0 Å². The third-order valence-corrected chi connectivity index (χ3v) is 1.21. The smallest absolute Gasteiger partial charge is 0.167 e. The topological polar surface area (TPSA) is 102 Å². The van der Waals surface area contributed by atoms with Crippen LogP contribution in [0.1, 0.15) is 12.1 Å². The van der Waals surface area contributed by atoms with Crippen LogP contribution < -0.4 is 11.5 Å². The Hall–Kier alpha value is -2.27. The second-order valence-corrected chi connectivity index (χ2v) is 2.16. The van der Waals surface area contributed by atoms with Gasteiger partial charge >= 0.3 is 0 Å². The molecule has 0 radical (unpaired) electrons. The second kappa shape index (κ2) is 3.93. The van der Waals surface area contributed by atoms with Crippen molar-refractivity contribution in [3.05, 3.63) is 11.9 Å². The average molecular weight is 173 g/mol. The standard InChI is InChI=1S/C8H7N5/c9-4-2-1-3-6-5-12-7(10)8(11)13-6/h5H,2H2,(H2,10,12)(H2,11,13). The van der Waals surface area contributed by atoms with Gasteiger partial charge in [0.2, 0.25) is 0 Å².